The highest BCUT2D eigenvalue weighted by Gasteiger charge is 2.09. The highest BCUT2D eigenvalue weighted by Crippen LogP contribution is 2.30. The molecule has 2 N–H and O–H groups in total. The number of halogens is 3. The summed E-state index contributed by atoms with van der Waals surface area (Å²) >= 11 is 18.2. The van der Waals surface area contributed by atoms with E-state index in [4.69, 9.17) is 34.8 Å². The number of hydrogen-bond acceptors (Lipinski definition) is 3. The minimum atomic E-state index is 0.448. The van der Waals surface area contributed by atoms with Crippen molar-refractivity contribution in [2.24, 2.45) is 5.10 Å². The number of nitrogens with one attached hydrogen (secondary N) is 2. The predicted molar refractivity (Wildman–Crippen MR) is 97.9 cm³/mol. The van der Waals surface area contributed by atoms with Gasteiger partial charge in [0.15, 0.2) is 0 Å². The molecule has 0 radical (unpaired) electrons. The summed E-state index contributed by atoms with van der Waals surface area (Å²) in [5.41, 5.74) is 6.41. The summed E-state index contributed by atoms with van der Waals surface area (Å²) in [7, 11) is 1.86. The molecule has 2 rings (SSSR count). The zero-order valence-electron chi connectivity index (χ0n) is 12.3. The predicted octanol–water partition coefficient (Wildman–Crippen LogP) is 5.91. The van der Waals surface area contributed by atoms with Crippen LogP contribution in [0.2, 0.25) is 15.1 Å². The first kappa shape index (κ1) is 16.9. The molecule has 0 fully saturated rings. The molecule has 0 bridgehead atoms. The summed E-state index contributed by atoms with van der Waals surface area (Å²) in [6.45, 7) is 2.03. The fourth-order valence-corrected chi connectivity index (χ4v) is 2.54. The van der Waals surface area contributed by atoms with Crippen LogP contribution in [0, 0.1) is 0 Å². The third kappa shape index (κ3) is 3.86. The third-order valence-corrected chi connectivity index (χ3v) is 4.21. The molecule has 0 saturated carbocycles. The maximum atomic E-state index is 6.15. The quantitative estimate of drug-likeness (QED) is 0.515. The molecule has 0 heterocycles. The maximum Gasteiger partial charge on any atom is 0.0842 e. The van der Waals surface area contributed by atoms with Crippen molar-refractivity contribution in [3.8, 4) is 0 Å². The smallest absolute Gasteiger partial charge is 0.0842 e. The normalized spacial score (nSPS) is 11.4. The Morgan fingerprint density at radius 3 is 2.55 bits per heavy atom. The standard InChI is InChI=1S/C16H16Cl3N3/c1-3-13(11-9-10(17)7-8-14(11)20-2)21-22-15-6-4-5-12(18)16(15)19/h4-9,20,22H,3H2,1-2H3/b21-13+. The Balaban J connectivity index is 2.36. The van der Waals surface area contributed by atoms with E-state index in [9.17, 15) is 0 Å². The van der Waals surface area contributed by atoms with Gasteiger partial charge in [0.05, 0.1) is 21.4 Å². The lowest BCUT2D eigenvalue weighted by molar-refractivity contribution is 1.22. The van der Waals surface area contributed by atoms with Crippen molar-refractivity contribution in [2.45, 2.75) is 13.3 Å². The molecule has 0 atom stereocenters. The van der Waals surface area contributed by atoms with E-state index in [1.807, 2.05) is 44.3 Å². The van der Waals surface area contributed by atoms with Gasteiger partial charge < -0.3 is 5.32 Å². The van der Waals surface area contributed by atoms with E-state index in [2.05, 4.69) is 15.8 Å². The molecule has 0 aliphatic rings. The van der Waals surface area contributed by atoms with Crippen LogP contribution in [0.3, 0.4) is 0 Å². The van der Waals surface area contributed by atoms with Gasteiger partial charge in [0.25, 0.3) is 0 Å². The molecule has 0 aromatic heterocycles. The van der Waals surface area contributed by atoms with Crippen LogP contribution >= 0.6 is 34.8 Å². The van der Waals surface area contributed by atoms with Gasteiger partial charge in [-0.15, -0.1) is 0 Å². The molecular formula is C16H16Cl3N3. The fraction of sp³-hybridized carbons (Fsp3) is 0.188. The zero-order valence-corrected chi connectivity index (χ0v) is 14.5. The van der Waals surface area contributed by atoms with Crippen LogP contribution in [0.15, 0.2) is 41.5 Å². The van der Waals surface area contributed by atoms with Crippen molar-refractivity contribution >= 4 is 51.9 Å². The molecule has 0 aliphatic heterocycles. The summed E-state index contributed by atoms with van der Waals surface area (Å²) in [4.78, 5) is 0. The number of rotatable bonds is 5. The van der Waals surface area contributed by atoms with E-state index >= 15 is 0 Å². The number of hydrogen-bond donors (Lipinski definition) is 2. The highest BCUT2D eigenvalue weighted by molar-refractivity contribution is 6.43. The summed E-state index contributed by atoms with van der Waals surface area (Å²) in [5.74, 6) is 0. The van der Waals surface area contributed by atoms with Crippen LogP contribution in [0.25, 0.3) is 0 Å². The molecule has 2 aromatic carbocycles. The zero-order chi connectivity index (χ0) is 16.1. The second-order valence-electron chi connectivity index (χ2n) is 4.57. The van der Waals surface area contributed by atoms with E-state index in [1.54, 1.807) is 6.07 Å². The number of benzene rings is 2. The molecule has 0 spiro atoms. The SMILES string of the molecule is CC/C(=N\Nc1cccc(Cl)c1Cl)c1cc(Cl)ccc1NC. The van der Waals surface area contributed by atoms with Crippen LogP contribution in [0.5, 0.6) is 0 Å². The largest absolute Gasteiger partial charge is 0.388 e. The van der Waals surface area contributed by atoms with Gasteiger partial charge in [0.1, 0.15) is 0 Å². The first-order valence-corrected chi connectivity index (χ1v) is 7.94. The summed E-state index contributed by atoms with van der Waals surface area (Å²) in [5, 5.41) is 9.20. The van der Waals surface area contributed by atoms with Gasteiger partial charge in [-0.3, -0.25) is 5.43 Å². The maximum absolute atomic E-state index is 6.15. The van der Waals surface area contributed by atoms with Crippen molar-refractivity contribution in [3.05, 3.63) is 57.0 Å². The second-order valence-corrected chi connectivity index (χ2v) is 5.79. The molecule has 0 amide bonds. The Bertz CT molecular complexity index is 699. The molecule has 22 heavy (non-hydrogen) atoms. The van der Waals surface area contributed by atoms with Gasteiger partial charge in [-0.05, 0) is 36.8 Å². The molecule has 6 heteroatoms. The molecular weight excluding hydrogens is 341 g/mol. The molecule has 2 aromatic rings. The second kappa shape index (κ2) is 7.73. The Morgan fingerprint density at radius 1 is 1.09 bits per heavy atom. The fourth-order valence-electron chi connectivity index (χ4n) is 2.02. The van der Waals surface area contributed by atoms with Crippen molar-refractivity contribution < 1.29 is 0 Å². The van der Waals surface area contributed by atoms with Crippen LogP contribution in [-0.4, -0.2) is 12.8 Å². The summed E-state index contributed by atoms with van der Waals surface area (Å²) in [6.07, 6.45) is 0.736. The van der Waals surface area contributed by atoms with E-state index in [-0.39, 0.29) is 0 Å². The van der Waals surface area contributed by atoms with Crippen molar-refractivity contribution in [3.63, 3.8) is 0 Å². The number of hydrazone groups is 1. The number of anilines is 2. The lowest BCUT2D eigenvalue weighted by Crippen LogP contribution is -2.07. The Labute approximate surface area is 145 Å². The van der Waals surface area contributed by atoms with Gasteiger partial charge in [0.2, 0.25) is 0 Å². The Hall–Kier alpha value is -1.42. The summed E-state index contributed by atoms with van der Waals surface area (Å²) < 4.78 is 0. The molecule has 3 nitrogen and oxygen atoms in total. The van der Waals surface area contributed by atoms with Crippen molar-refractivity contribution in [1.29, 1.82) is 0 Å². The Kier molecular flexibility index (Phi) is 5.95. The van der Waals surface area contributed by atoms with Crippen molar-refractivity contribution in [1.82, 2.24) is 0 Å². The van der Waals surface area contributed by atoms with E-state index in [0.29, 0.717) is 20.8 Å². The van der Waals surface area contributed by atoms with Gasteiger partial charge in [-0.25, -0.2) is 0 Å². The van der Waals surface area contributed by atoms with Crippen molar-refractivity contribution in [2.75, 3.05) is 17.8 Å². The van der Waals surface area contributed by atoms with Gasteiger partial charge in [-0.2, -0.15) is 5.10 Å². The average molecular weight is 357 g/mol. The first-order chi connectivity index (χ1) is 10.6. The van der Waals surface area contributed by atoms with E-state index < -0.39 is 0 Å². The number of nitrogens with zero attached hydrogens (tertiary/aromatic N) is 1. The van der Waals surface area contributed by atoms with E-state index in [0.717, 1.165) is 23.4 Å². The van der Waals surface area contributed by atoms with Crippen LogP contribution in [0.4, 0.5) is 11.4 Å². The highest BCUT2D eigenvalue weighted by atomic mass is 35.5. The minimum Gasteiger partial charge on any atom is -0.388 e. The lowest BCUT2D eigenvalue weighted by Gasteiger charge is -2.12. The monoisotopic (exact) mass is 355 g/mol. The minimum absolute atomic E-state index is 0.448. The third-order valence-electron chi connectivity index (χ3n) is 3.16. The van der Waals surface area contributed by atoms with Gasteiger partial charge in [-0.1, -0.05) is 47.8 Å². The van der Waals surface area contributed by atoms with E-state index in [1.165, 1.54) is 0 Å². The molecule has 0 unspecified atom stereocenters. The molecule has 0 saturated heterocycles. The molecule has 116 valence electrons. The Morgan fingerprint density at radius 2 is 1.86 bits per heavy atom. The first-order valence-electron chi connectivity index (χ1n) is 6.81. The van der Waals surface area contributed by atoms with Crippen LogP contribution < -0.4 is 10.7 Å². The van der Waals surface area contributed by atoms with Gasteiger partial charge >= 0.3 is 0 Å². The summed E-state index contributed by atoms with van der Waals surface area (Å²) in [6, 6.07) is 11.0. The lowest BCUT2D eigenvalue weighted by atomic mass is 10.1. The van der Waals surface area contributed by atoms with Crippen LogP contribution in [-0.2, 0) is 0 Å². The topological polar surface area (TPSA) is 36.4 Å². The van der Waals surface area contributed by atoms with Gasteiger partial charge in [0, 0.05) is 23.3 Å². The molecule has 0 aliphatic carbocycles. The van der Waals surface area contributed by atoms with Crippen LogP contribution in [0.1, 0.15) is 18.9 Å². The average Bonchev–Trinajstić information content (AvgIpc) is 2.52.